The molecule has 0 bridgehead atoms. The summed E-state index contributed by atoms with van der Waals surface area (Å²) in [4.78, 5) is 14.2. The topological polar surface area (TPSA) is 77.5 Å². The largest absolute Gasteiger partial charge is 0.463 e. The van der Waals surface area contributed by atoms with Crippen LogP contribution in [-0.4, -0.2) is 81.0 Å². The minimum Gasteiger partial charge on any atom is -0.463 e. The van der Waals surface area contributed by atoms with Crippen LogP contribution in [-0.2, 0) is 23.7 Å². The predicted octanol–water partition coefficient (Wildman–Crippen LogP) is 9.37. The Hall–Kier alpha value is -0.730. The molecule has 1 N–H and O–H groups in total. The second kappa shape index (κ2) is 30.6. The van der Waals surface area contributed by atoms with Crippen molar-refractivity contribution in [3.63, 3.8) is 0 Å². The van der Waals surface area contributed by atoms with Gasteiger partial charge < -0.3 is 29.0 Å². The number of hydrogen-bond acceptors (Lipinski definition) is 7. The van der Waals surface area contributed by atoms with Gasteiger partial charge in [0.2, 0.25) is 0 Å². The van der Waals surface area contributed by atoms with Crippen LogP contribution in [0.4, 0.5) is 0 Å². The molecule has 1 aliphatic heterocycles. The molecule has 0 amide bonds. The minimum atomic E-state index is -1.07. The number of nitrogens with zero attached hydrogens (tertiary/aromatic N) is 1. The lowest BCUT2D eigenvalue weighted by atomic mass is 10.1. The van der Waals surface area contributed by atoms with Gasteiger partial charge in [0, 0.05) is 19.8 Å². The van der Waals surface area contributed by atoms with Crippen LogP contribution in [0.15, 0.2) is 0 Å². The zero-order chi connectivity index (χ0) is 32.8. The van der Waals surface area contributed by atoms with E-state index in [1.807, 2.05) is 19.0 Å². The molecule has 1 heterocycles. The Labute approximate surface area is 278 Å². The summed E-state index contributed by atoms with van der Waals surface area (Å²) in [6.07, 6.45) is 28.8. The van der Waals surface area contributed by atoms with Crippen molar-refractivity contribution in [1.82, 2.24) is 4.90 Å². The highest BCUT2D eigenvalue weighted by atomic mass is 16.7. The molecule has 0 aromatic carbocycles. The summed E-state index contributed by atoms with van der Waals surface area (Å²) in [7, 11) is 3.86. The third-order valence-corrected chi connectivity index (χ3v) is 9.07. The molecule has 0 aromatic rings. The smallest absolute Gasteiger partial charge is 0.307 e. The number of unbranched alkanes of at least 4 members (excludes halogenated alkanes) is 22. The molecule has 0 radical (unpaired) electrons. The monoisotopic (exact) mass is 642 g/mol. The van der Waals surface area contributed by atoms with Gasteiger partial charge in [-0.3, -0.25) is 4.79 Å². The summed E-state index contributed by atoms with van der Waals surface area (Å²) in [5, 5.41) is 10.7. The van der Waals surface area contributed by atoms with E-state index in [0.717, 1.165) is 25.7 Å². The van der Waals surface area contributed by atoms with Gasteiger partial charge >= 0.3 is 5.97 Å². The fourth-order valence-corrected chi connectivity index (χ4v) is 6.11. The van der Waals surface area contributed by atoms with Gasteiger partial charge in [0.1, 0.15) is 24.9 Å². The SMILES string of the molecule is CCCCCCCCCCCCCCOC1[C@H](O)O[C@H](COC(=O)CCN(C)C)[C@@H]1OCCCCCCCCCCCCCC. The molecule has 7 nitrogen and oxygen atoms in total. The van der Waals surface area contributed by atoms with E-state index in [-0.39, 0.29) is 12.6 Å². The van der Waals surface area contributed by atoms with Gasteiger partial charge in [-0.05, 0) is 26.9 Å². The number of carbonyl (C=O) groups excluding carboxylic acids is 1. The molecule has 1 rings (SSSR count). The number of aliphatic hydroxyl groups excluding tert-OH is 1. The molecule has 1 unspecified atom stereocenters. The fourth-order valence-electron chi connectivity index (χ4n) is 6.11. The van der Waals surface area contributed by atoms with E-state index in [9.17, 15) is 9.90 Å². The zero-order valence-electron chi connectivity index (χ0n) is 30.3. The Balaban J connectivity index is 2.31. The van der Waals surface area contributed by atoms with Crippen LogP contribution in [0.1, 0.15) is 174 Å². The Kier molecular flexibility index (Phi) is 28.8. The Morgan fingerprint density at radius 3 is 1.38 bits per heavy atom. The van der Waals surface area contributed by atoms with Crippen molar-refractivity contribution in [1.29, 1.82) is 0 Å². The molecule has 0 aliphatic carbocycles. The maximum Gasteiger partial charge on any atom is 0.307 e. The van der Waals surface area contributed by atoms with Crippen LogP contribution in [0.2, 0.25) is 0 Å². The molecule has 0 spiro atoms. The maximum atomic E-state index is 12.2. The van der Waals surface area contributed by atoms with Gasteiger partial charge in [-0.25, -0.2) is 0 Å². The van der Waals surface area contributed by atoms with Crippen LogP contribution in [0.3, 0.4) is 0 Å². The number of ether oxygens (including phenoxy) is 4. The van der Waals surface area contributed by atoms with E-state index >= 15 is 0 Å². The normalized spacial score (nSPS) is 20.0. The van der Waals surface area contributed by atoms with Gasteiger partial charge in [-0.1, -0.05) is 155 Å². The molecular formula is C38H75NO6. The second-order valence-corrected chi connectivity index (χ2v) is 13.8. The lowest BCUT2D eigenvalue weighted by Gasteiger charge is -2.24. The number of aliphatic hydroxyl groups is 1. The van der Waals surface area contributed by atoms with Crippen LogP contribution in [0.25, 0.3) is 0 Å². The van der Waals surface area contributed by atoms with Gasteiger partial charge in [-0.15, -0.1) is 0 Å². The lowest BCUT2D eigenvalue weighted by Crippen LogP contribution is -2.40. The van der Waals surface area contributed by atoms with Gasteiger partial charge in [0.15, 0.2) is 6.29 Å². The zero-order valence-corrected chi connectivity index (χ0v) is 30.3. The third-order valence-electron chi connectivity index (χ3n) is 9.07. The van der Waals surface area contributed by atoms with Crippen molar-refractivity contribution in [2.24, 2.45) is 0 Å². The van der Waals surface area contributed by atoms with E-state index in [0.29, 0.717) is 26.2 Å². The number of carbonyl (C=O) groups is 1. The van der Waals surface area contributed by atoms with Gasteiger partial charge in [0.25, 0.3) is 0 Å². The van der Waals surface area contributed by atoms with E-state index < -0.39 is 24.6 Å². The van der Waals surface area contributed by atoms with Crippen molar-refractivity contribution in [2.45, 2.75) is 199 Å². The summed E-state index contributed by atoms with van der Waals surface area (Å²) in [6, 6.07) is 0. The van der Waals surface area contributed by atoms with Crippen molar-refractivity contribution in [3.05, 3.63) is 0 Å². The molecule has 1 saturated heterocycles. The molecule has 0 aromatic heterocycles. The molecule has 1 fully saturated rings. The standard InChI is InChI=1S/C38H75NO6/c1-5-7-9-11-13-15-17-19-21-23-25-27-31-42-36-34(33-44-35(40)29-30-39(3)4)45-38(41)37(36)43-32-28-26-24-22-20-18-16-14-12-10-8-6-2/h34,36-38,41H,5-33H2,1-4H3/t34-,36+,37?,38-/m1/s1. The Morgan fingerprint density at radius 1 is 0.600 bits per heavy atom. The van der Waals surface area contributed by atoms with Crippen molar-refractivity contribution >= 4 is 5.97 Å². The summed E-state index contributed by atoms with van der Waals surface area (Å²) < 4.78 is 23.7. The molecule has 0 saturated carbocycles. The van der Waals surface area contributed by atoms with Crippen LogP contribution < -0.4 is 0 Å². The average Bonchev–Trinajstić information content (AvgIpc) is 3.32. The van der Waals surface area contributed by atoms with Gasteiger partial charge in [0.05, 0.1) is 6.42 Å². The lowest BCUT2D eigenvalue weighted by molar-refractivity contribution is -0.161. The summed E-state index contributed by atoms with van der Waals surface area (Å²) in [5.74, 6) is -0.262. The third kappa shape index (κ3) is 24.1. The van der Waals surface area contributed by atoms with Crippen molar-refractivity contribution < 1.29 is 28.8 Å². The highest BCUT2D eigenvalue weighted by Gasteiger charge is 2.46. The first-order valence-electron chi connectivity index (χ1n) is 19.4. The van der Waals surface area contributed by atoms with E-state index in [1.165, 1.54) is 128 Å². The number of rotatable bonds is 33. The van der Waals surface area contributed by atoms with E-state index in [2.05, 4.69) is 13.8 Å². The van der Waals surface area contributed by atoms with Gasteiger partial charge in [-0.2, -0.15) is 0 Å². The first-order valence-corrected chi connectivity index (χ1v) is 19.4. The minimum absolute atomic E-state index is 0.0743. The van der Waals surface area contributed by atoms with E-state index in [4.69, 9.17) is 18.9 Å². The average molecular weight is 642 g/mol. The Bertz CT molecular complexity index is 648. The first-order chi connectivity index (χ1) is 22.0. The quantitative estimate of drug-likeness (QED) is 0.0565. The highest BCUT2D eigenvalue weighted by Crippen LogP contribution is 2.27. The summed E-state index contributed by atoms with van der Waals surface area (Å²) in [5.41, 5.74) is 0. The highest BCUT2D eigenvalue weighted by molar-refractivity contribution is 5.69. The van der Waals surface area contributed by atoms with Crippen LogP contribution in [0.5, 0.6) is 0 Å². The molecule has 7 heteroatoms. The predicted molar refractivity (Wildman–Crippen MR) is 187 cm³/mol. The second-order valence-electron chi connectivity index (χ2n) is 13.8. The van der Waals surface area contributed by atoms with Crippen LogP contribution >= 0.6 is 0 Å². The van der Waals surface area contributed by atoms with Crippen molar-refractivity contribution in [3.8, 4) is 0 Å². The Morgan fingerprint density at radius 2 is 0.978 bits per heavy atom. The van der Waals surface area contributed by atoms with Crippen LogP contribution in [0, 0.1) is 0 Å². The fraction of sp³-hybridized carbons (Fsp3) is 0.974. The molecule has 45 heavy (non-hydrogen) atoms. The van der Waals surface area contributed by atoms with E-state index in [1.54, 1.807) is 0 Å². The van der Waals surface area contributed by atoms with Crippen molar-refractivity contribution in [2.75, 3.05) is 40.5 Å². The molecule has 268 valence electrons. The maximum absolute atomic E-state index is 12.2. The first kappa shape index (κ1) is 42.3. The molecule has 4 atom stereocenters. The summed E-state index contributed by atoms with van der Waals surface area (Å²) in [6.45, 7) is 6.43. The number of esters is 1. The number of hydrogen-bond donors (Lipinski definition) is 1. The molecule has 1 aliphatic rings. The molecular weight excluding hydrogens is 566 g/mol. The summed E-state index contributed by atoms with van der Waals surface area (Å²) >= 11 is 0.